The van der Waals surface area contributed by atoms with Crippen LogP contribution in [0.25, 0.3) is 0 Å². The number of ether oxygens (including phenoxy) is 1. The van der Waals surface area contributed by atoms with Crippen molar-refractivity contribution in [3.05, 3.63) is 21.9 Å². The van der Waals surface area contributed by atoms with E-state index in [-0.39, 0.29) is 24.4 Å². The van der Waals surface area contributed by atoms with Crippen LogP contribution in [0.2, 0.25) is 0 Å². The molecule has 0 aromatic carbocycles. The number of hydrogen-bond donors (Lipinski definition) is 2. The topological polar surface area (TPSA) is 50.4 Å². The van der Waals surface area contributed by atoms with Gasteiger partial charge in [-0.15, -0.1) is 23.7 Å². The van der Waals surface area contributed by atoms with E-state index in [4.69, 9.17) is 4.74 Å². The Labute approximate surface area is 147 Å². The minimum absolute atomic E-state index is 0. The summed E-state index contributed by atoms with van der Waals surface area (Å²) in [7, 11) is 0. The largest absolute Gasteiger partial charge is 0.381 e. The molecule has 3 fully saturated rings. The van der Waals surface area contributed by atoms with E-state index in [0.29, 0.717) is 12.0 Å². The maximum absolute atomic E-state index is 12.3. The SMILES string of the molecule is Cl.O=C(NC1CCOCC1)c1cc(C2CC2NC2CCC2)cs1. The Morgan fingerprint density at radius 3 is 2.65 bits per heavy atom. The Kier molecular flexibility index (Phi) is 5.62. The Morgan fingerprint density at radius 2 is 1.96 bits per heavy atom. The molecular formula is C17H25ClN2O2S. The van der Waals surface area contributed by atoms with E-state index in [1.54, 1.807) is 11.3 Å². The lowest BCUT2D eigenvalue weighted by atomic mass is 9.93. The van der Waals surface area contributed by atoms with Crippen molar-refractivity contribution in [3.8, 4) is 0 Å². The minimum Gasteiger partial charge on any atom is -0.381 e. The van der Waals surface area contributed by atoms with Gasteiger partial charge in [0.15, 0.2) is 0 Å². The van der Waals surface area contributed by atoms with Crippen molar-refractivity contribution in [2.24, 2.45) is 0 Å². The molecule has 128 valence electrons. The third-order valence-electron chi connectivity index (χ3n) is 5.17. The summed E-state index contributed by atoms with van der Waals surface area (Å²) in [6.45, 7) is 1.52. The lowest BCUT2D eigenvalue weighted by molar-refractivity contribution is 0.0698. The predicted molar refractivity (Wildman–Crippen MR) is 94.8 cm³/mol. The molecule has 1 saturated heterocycles. The van der Waals surface area contributed by atoms with Crippen LogP contribution in [0.3, 0.4) is 0 Å². The van der Waals surface area contributed by atoms with E-state index >= 15 is 0 Å². The number of carbonyl (C=O) groups excluding carboxylic acids is 1. The van der Waals surface area contributed by atoms with Crippen molar-refractivity contribution < 1.29 is 9.53 Å². The zero-order chi connectivity index (χ0) is 14.9. The lowest BCUT2D eigenvalue weighted by Crippen LogP contribution is -2.38. The van der Waals surface area contributed by atoms with Gasteiger partial charge in [-0.25, -0.2) is 0 Å². The third kappa shape index (κ3) is 4.08. The van der Waals surface area contributed by atoms with Crippen LogP contribution in [0.4, 0.5) is 0 Å². The van der Waals surface area contributed by atoms with Gasteiger partial charge < -0.3 is 15.4 Å². The lowest BCUT2D eigenvalue weighted by Gasteiger charge is -2.26. The zero-order valence-corrected chi connectivity index (χ0v) is 14.9. The summed E-state index contributed by atoms with van der Waals surface area (Å²) in [5, 5.41) is 9.05. The molecule has 2 N–H and O–H groups in total. The van der Waals surface area contributed by atoms with Gasteiger partial charge in [0.05, 0.1) is 4.88 Å². The zero-order valence-electron chi connectivity index (χ0n) is 13.3. The fraction of sp³-hybridized carbons (Fsp3) is 0.706. The fourth-order valence-corrected chi connectivity index (χ4v) is 4.26. The van der Waals surface area contributed by atoms with Crippen LogP contribution < -0.4 is 10.6 Å². The van der Waals surface area contributed by atoms with E-state index in [0.717, 1.165) is 37.0 Å². The molecule has 0 radical (unpaired) electrons. The first kappa shape index (κ1) is 17.2. The van der Waals surface area contributed by atoms with Gasteiger partial charge in [0.25, 0.3) is 5.91 Å². The molecular weight excluding hydrogens is 332 g/mol. The smallest absolute Gasteiger partial charge is 0.261 e. The molecule has 2 aliphatic carbocycles. The first-order valence-electron chi connectivity index (χ1n) is 8.52. The van der Waals surface area contributed by atoms with Crippen LogP contribution in [0.1, 0.15) is 59.7 Å². The number of thiophene rings is 1. The molecule has 1 aliphatic heterocycles. The van der Waals surface area contributed by atoms with Gasteiger partial charge in [0, 0.05) is 37.3 Å². The van der Waals surface area contributed by atoms with Crippen LogP contribution in [0.15, 0.2) is 11.4 Å². The summed E-state index contributed by atoms with van der Waals surface area (Å²) in [5.74, 6) is 0.716. The Balaban J connectivity index is 0.00000156. The van der Waals surface area contributed by atoms with Crippen LogP contribution in [0.5, 0.6) is 0 Å². The molecule has 23 heavy (non-hydrogen) atoms. The van der Waals surface area contributed by atoms with Gasteiger partial charge in [0.1, 0.15) is 0 Å². The Hall–Kier alpha value is -0.620. The number of rotatable bonds is 5. The average Bonchev–Trinajstić information content (AvgIpc) is 3.08. The Bertz CT molecular complexity index is 540. The summed E-state index contributed by atoms with van der Waals surface area (Å²) in [6, 6.07) is 3.78. The molecule has 0 bridgehead atoms. The van der Waals surface area contributed by atoms with Gasteiger partial charge in [-0.05, 0) is 49.1 Å². The average molecular weight is 357 g/mol. The van der Waals surface area contributed by atoms with Crippen molar-refractivity contribution >= 4 is 29.7 Å². The monoisotopic (exact) mass is 356 g/mol. The summed E-state index contributed by atoms with van der Waals surface area (Å²) >= 11 is 1.58. The molecule has 4 rings (SSSR count). The number of halogens is 1. The highest BCUT2D eigenvalue weighted by Crippen LogP contribution is 2.43. The number of nitrogens with one attached hydrogen (secondary N) is 2. The highest BCUT2D eigenvalue weighted by atomic mass is 35.5. The highest BCUT2D eigenvalue weighted by Gasteiger charge is 2.40. The summed E-state index contributed by atoms with van der Waals surface area (Å²) in [6.07, 6.45) is 7.15. The Morgan fingerprint density at radius 1 is 1.17 bits per heavy atom. The van der Waals surface area contributed by atoms with Gasteiger partial charge in [0.2, 0.25) is 0 Å². The van der Waals surface area contributed by atoms with Gasteiger partial charge in [-0.1, -0.05) is 6.42 Å². The highest BCUT2D eigenvalue weighted by molar-refractivity contribution is 7.12. The third-order valence-corrected chi connectivity index (χ3v) is 6.12. The standard InChI is InChI=1S/C17H24N2O2S.ClH/c20-17(19-13-4-6-21-7-5-13)16-8-11(10-22-16)14-9-15(14)18-12-2-1-3-12;/h8,10,12-15,18H,1-7,9H2,(H,19,20);1H. The van der Waals surface area contributed by atoms with E-state index in [2.05, 4.69) is 22.1 Å². The molecule has 1 amide bonds. The van der Waals surface area contributed by atoms with Gasteiger partial charge >= 0.3 is 0 Å². The van der Waals surface area contributed by atoms with Crippen molar-refractivity contribution in [1.82, 2.24) is 10.6 Å². The molecule has 1 aromatic rings. The molecule has 0 spiro atoms. The van der Waals surface area contributed by atoms with Crippen LogP contribution in [-0.4, -0.2) is 37.2 Å². The van der Waals surface area contributed by atoms with Gasteiger partial charge in [-0.2, -0.15) is 0 Å². The second-order valence-electron chi connectivity index (χ2n) is 6.85. The molecule has 2 saturated carbocycles. The summed E-state index contributed by atoms with van der Waals surface area (Å²) < 4.78 is 5.33. The summed E-state index contributed by atoms with van der Waals surface area (Å²) in [4.78, 5) is 13.2. The van der Waals surface area contributed by atoms with Crippen molar-refractivity contribution in [2.75, 3.05) is 13.2 Å². The van der Waals surface area contributed by atoms with Crippen LogP contribution in [-0.2, 0) is 4.74 Å². The van der Waals surface area contributed by atoms with Gasteiger partial charge in [-0.3, -0.25) is 4.79 Å². The van der Waals surface area contributed by atoms with Crippen molar-refractivity contribution in [3.63, 3.8) is 0 Å². The van der Waals surface area contributed by atoms with E-state index in [1.165, 1.54) is 31.2 Å². The van der Waals surface area contributed by atoms with Crippen LogP contribution in [0, 0.1) is 0 Å². The summed E-state index contributed by atoms with van der Waals surface area (Å²) in [5.41, 5.74) is 1.35. The van der Waals surface area contributed by atoms with Crippen LogP contribution >= 0.6 is 23.7 Å². The second-order valence-corrected chi connectivity index (χ2v) is 7.76. The van der Waals surface area contributed by atoms with Crippen molar-refractivity contribution in [1.29, 1.82) is 0 Å². The second kappa shape index (κ2) is 7.51. The van der Waals surface area contributed by atoms with E-state index < -0.39 is 0 Å². The van der Waals surface area contributed by atoms with Crippen molar-refractivity contribution in [2.45, 2.75) is 62.6 Å². The quantitative estimate of drug-likeness (QED) is 0.852. The molecule has 2 heterocycles. The fourth-order valence-electron chi connectivity index (χ4n) is 3.39. The van der Waals surface area contributed by atoms with E-state index in [9.17, 15) is 4.79 Å². The normalized spacial score (nSPS) is 27.8. The number of hydrogen-bond acceptors (Lipinski definition) is 4. The molecule has 3 aliphatic rings. The first-order chi connectivity index (χ1) is 10.8. The van der Waals surface area contributed by atoms with E-state index in [1.807, 2.05) is 0 Å². The maximum Gasteiger partial charge on any atom is 0.261 e. The number of amides is 1. The molecule has 4 nitrogen and oxygen atoms in total. The maximum atomic E-state index is 12.3. The molecule has 6 heteroatoms. The molecule has 2 atom stereocenters. The molecule has 2 unspecified atom stereocenters. The predicted octanol–water partition coefficient (Wildman–Crippen LogP) is 3.08. The first-order valence-corrected chi connectivity index (χ1v) is 9.40. The molecule has 1 aromatic heterocycles. The number of carbonyl (C=O) groups is 1. The minimum atomic E-state index is 0.